The third-order valence-electron chi connectivity index (χ3n) is 4.75. The van der Waals surface area contributed by atoms with Crippen LogP contribution in [-0.2, 0) is 19.1 Å². The Kier molecular flexibility index (Phi) is 5.59. The molecule has 7 heteroatoms. The summed E-state index contributed by atoms with van der Waals surface area (Å²) >= 11 is 0. The Morgan fingerprint density at radius 3 is 2.15 bits per heavy atom. The standard InChI is InChI=1S/C19H32N2O5/c1-12(2)14(15(22)25-13(3)4)21-9-8-19(16(21)23)10-20(11-19)17(24)26-18(5,6)7/h12-14H,8-11H2,1-7H3. The van der Waals surface area contributed by atoms with E-state index in [1.54, 1.807) is 23.6 Å². The summed E-state index contributed by atoms with van der Waals surface area (Å²) in [6, 6.07) is -0.583. The Bertz CT molecular complexity index is 573. The van der Waals surface area contributed by atoms with Crippen LogP contribution in [0.3, 0.4) is 0 Å². The molecule has 0 N–H and O–H groups in total. The lowest BCUT2D eigenvalue weighted by Crippen LogP contribution is -2.63. The van der Waals surface area contributed by atoms with E-state index >= 15 is 0 Å². The van der Waals surface area contributed by atoms with E-state index in [-0.39, 0.29) is 23.9 Å². The van der Waals surface area contributed by atoms with E-state index in [2.05, 4.69) is 0 Å². The first-order valence-electron chi connectivity index (χ1n) is 9.36. The van der Waals surface area contributed by atoms with E-state index in [1.807, 2.05) is 34.6 Å². The highest BCUT2D eigenvalue weighted by molar-refractivity contribution is 5.92. The van der Waals surface area contributed by atoms with E-state index in [1.165, 1.54) is 0 Å². The molecular weight excluding hydrogens is 336 g/mol. The molecule has 2 aliphatic rings. The molecule has 0 saturated carbocycles. The highest BCUT2D eigenvalue weighted by Gasteiger charge is 2.58. The number of nitrogens with zero attached hydrogens (tertiary/aromatic N) is 2. The molecule has 148 valence electrons. The minimum atomic E-state index is -0.583. The lowest BCUT2D eigenvalue weighted by molar-refractivity contribution is -0.162. The number of carbonyl (C=O) groups excluding carboxylic acids is 3. The second-order valence-corrected chi connectivity index (χ2v) is 9.04. The van der Waals surface area contributed by atoms with Gasteiger partial charge in [-0.2, -0.15) is 0 Å². The number of likely N-dealkylation sites (tertiary alicyclic amines) is 2. The van der Waals surface area contributed by atoms with Gasteiger partial charge in [0.15, 0.2) is 0 Å². The van der Waals surface area contributed by atoms with Crippen LogP contribution in [0.25, 0.3) is 0 Å². The molecule has 2 fully saturated rings. The first kappa shape index (κ1) is 20.5. The largest absolute Gasteiger partial charge is 0.461 e. The molecule has 1 spiro atoms. The lowest BCUT2D eigenvalue weighted by atomic mass is 9.78. The predicted octanol–water partition coefficient (Wildman–Crippen LogP) is 2.43. The summed E-state index contributed by atoms with van der Waals surface area (Å²) in [6.07, 6.45) is 0.0272. The summed E-state index contributed by atoms with van der Waals surface area (Å²) < 4.78 is 10.7. The number of esters is 1. The third-order valence-corrected chi connectivity index (χ3v) is 4.75. The number of amides is 2. The molecule has 0 aromatic carbocycles. The van der Waals surface area contributed by atoms with Gasteiger partial charge in [0.05, 0.1) is 11.5 Å². The van der Waals surface area contributed by atoms with Crippen LogP contribution >= 0.6 is 0 Å². The second-order valence-electron chi connectivity index (χ2n) is 9.04. The van der Waals surface area contributed by atoms with Crippen molar-refractivity contribution in [2.75, 3.05) is 19.6 Å². The monoisotopic (exact) mass is 368 g/mol. The maximum Gasteiger partial charge on any atom is 0.410 e. The smallest absolute Gasteiger partial charge is 0.410 e. The molecular formula is C19H32N2O5. The molecule has 0 aromatic rings. The fourth-order valence-electron chi connectivity index (χ4n) is 3.61. The topological polar surface area (TPSA) is 76.2 Å². The van der Waals surface area contributed by atoms with Gasteiger partial charge in [0.2, 0.25) is 5.91 Å². The first-order chi connectivity index (χ1) is 11.9. The molecule has 2 rings (SSSR count). The Balaban J connectivity index is 2.04. The summed E-state index contributed by atoms with van der Waals surface area (Å²) in [7, 11) is 0. The second kappa shape index (κ2) is 7.08. The van der Waals surface area contributed by atoms with Crippen LogP contribution in [0.2, 0.25) is 0 Å². The van der Waals surface area contributed by atoms with Crippen molar-refractivity contribution in [2.45, 2.75) is 72.6 Å². The number of rotatable bonds is 4. The maximum absolute atomic E-state index is 13.0. The zero-order valence-electron chi connectivity index (χ0n) is 17.0. The van der Waals surface area contributed by atoms with Gasteiger partial charge >= 0.3 is 12.1 Å². The van der Waals surface area contributed by atoms with E-state index in [0.717, 1.165) is 0 Å². The van der Waals surface area contributed by atoms with Gasteiger partial charge in [0.1, 0.15) is 11.6 Å². The van der Waals surface area contributed by atoms with Gasteiger partial charge in [-0.05, 0) is 47.0 Å². The quantitative estimate of drug-likeness (QED) is 0.713. The van der Waals surface area contributed by atoms with Crippen LogP contribution < -0.4 is 0 Å². The summed E-state index contributed by atoms with van der Waals surface area (Å²) in [6.45, 7) is 14.1. The van der Waals surface area contributed by atoms with Crippen molar-refractivity contribution in [1.29, 1.82) is 0 Å². The molecule has 26 heavy (non-hydrogen) atoms. The zero-order chi connectivity index (χ0) is 19.9. The van der Waals surface area contributed by atoms with Crippen LogP contribution in [-0.4, -0.2) is 65.2 Å². The normalized spacial score (nSPS) is 20.6. The average Bonchev–Trinajstić information content (AvgIpc) is 2.72. The molecule has 0 bridgehead atoms. The summed E-state index contributed by atoms with van der Waals surface area (Å²) in [5.74, 6) is -0.456. The van der Waals surface area contributed by atoms with Crippen molar-refractivity contribution < 1.29 is 23.9 Å². The van der Waals surface area contributed by atoms with Gasteiger partial charge in [-0.15, -0.1) is 0 Å². The molecule has 2 aliphatic heterocycles. The Morgan fingerprint density at radius 2 is 1.69 bits per heavy atom. The molecule has 1 unspecified atom stereocenters. The highest BCUT2D eigenvalue weighted by atomic mass is 16.6. The Morgan fingerprint density at radius 1 is 1.12 bits per heavy atom. The number of hydrogen-bond donors (Lipinski definition) is 0. The van der Waals surface area contributed by atoms with Crippen molar-refractivity contribution in [3.05, 3.63) is 0 Å². The van der Waals surface area contributed by atoms with Gasteiger partial charge in [-0.25, -0.2) is 9.59 Å². The Hall–Kier alpha value is -1.79. The van der Waals surface area contributed by atoms with Crippen LogP contribution in [0.15, 0.2) is 0 Å². The van der Waals surface area contributed by atoms with Crippen molar-refractivity contribution in [3.8, 4) is 0 Å². The number of hydrogen-bond acceptors (Lipinski definition) is 5. The van der Waals surface area contributed by atoms with Crippen LogP contribution in [0.5, 0.6) is 0 Å². The molecule has 2 saturated heterocycles. The van der Waals surface area contributed by atoms with Gasteiger partial charge in [0.25, 0.3) is 0 Å². The van der Waals surface area contributed by atoms with Crippen LogP contribution in [0, 0.1) is 11.3 Å². The molecule has 2 amide bonds. The first-order valence-corrected chi connectivity index (χ1v) is 9.36. The molecule has 7 nitrogen and oxygen atoms in total. The minimum Gasteiger partial charge on any atom is -0.461 e. The fraction of sp³-hybridized carbons (Fsp3) is 0.842. The summed E-state index contributed by atoms with van der Waals surface area (Å²) in [5, 5.41) is 0. The van der Waals surface area contributed by atoms with Gasteiger partial charge in [-0.1, -0.05) is 13.8 Å². The highest BCUT2D eigenvalue weighted by Crippen LogP contribution is 2.42. The molecule has 1 atom stereocenters. The molecule has 0 aliphatic carbocycles. The van der Waals surface area contributed by atoms with Gasteiger partial charge in [0, 0.05) is 19.6 Å². The average molecular weight is 368 g/mol. The fourth-order valence-corrected chi connectivity index (χ4v) is 3.61. The number of ether oxygens (including phenoxy) is 2. The SMILES string of the molecule is CC(C)OC(=O)C(C(C)C)N1CCC2(CN(C(=O)OC(C)(C)C)C2)C1=O. The summed E-state index contributed by atoms with van der Waals surface area (Å²) in [5.41, 5.74) is -1.14. The zero-order valence-corrected chi connectivity index (χ0v) is 17.0. The van der Waals surface area contributed by atoms with E-state index in [0.29, 0.717) is 26.1 Å². The van der Waals surface area contributed by atoms with Crippen molar-refractivity contribution in [3.63, 3.8) is 0 Å². The minimum absolute atomic E-state index is 0.0395. The van der Waals surface area contributed by atoms with E-state index in [4.69, 9.17) is 9.47 Å². The molecule has 0 aromatic heterocycles. The summed E-state index contributed by atoms with van der Waals surface area (Å²) in [4.78, 5) is 40.9. The predicted molar refractivity (Wildman–Crippen MR) is 96.4 cm³/mol. The molecule has 2 heterocycles. The van der Waals surface area contributed by atoms with Crippen molar-refractivity contribution in [2.24, 2.45) is 11.3 Å². The van der Waals surface area contributed by atoms with Crippen LogP contribution in [0.1, 0.15) is 54.9 Å². The van der Waals surface area contributed by atoms with Crippen LogP contribution in [0.4, 0.5) is 4.79 Å². The van der Waals surface area contributed by atoms with Crippen molar-refractivity contribution >= 4 is 18.0 Å². The molecule has 0 radical (unpaired) electrons. The Labute approximate surface area is 156 Å². The van der Waals surface area contributed by atoms with Gasteiger partial charge in [-0.3, -0.25) is 4.79 Å². The van der Waals surface area contributed by atoms with E-state index < -0.39 is 23.2 Å². The van der Waals surface area contributed by atoms with E-state index in [9.17, 15) is 14.4 Å². The lowest BCUT2D eigenvalue weighted by Gasteiger charge is -2.46. The number of carbonyl (C=O) groups is 3. The van der Waals surface area contributed by atoms with Crippen molar-refractivity contribution in [1.82, 2.24) is 9.80 Å². The maximum atomic E-state index is 13.0. The van der Waals surface area contributed by atoms with Gasteiger partial charge < -0.3 is 19.3 Å². The third kappa shape index (κ3) is 4.13.